The van der Waals surface area contributed by atoms with Gasteiger partial charge in [0.15, 0.2) is 0 Å². The lowest BCUT2D eigenvalue weighted by atomic mass is 9.94. The predicted molar refractivity (Wildman–Crippen MR) is 111 cm³/mol. The van der Waals surface area contributed by atoms with Crippen molar-refractivity contribution >= 4 is 23.5 Å². The Hall–Kier alpha value is -3.15. The van der Waals surface area contributed by atoms with Gasteiger partial charge in [-0.25, -0.2) is 4.79 Å². The average molecular weight is 394 g/mol. The van der Waals surface area contributed by atoms with Crippen LogP contribution < -0.4 is 5.32 Å². The van der Waals surface area contributed by atoms with Crippen LogP contribution in [0.15, 0.2) is 48.5 Å². The minimum Gasteiger partial charge on any atom is -0.465 e. The molecule has 0 aliphatic heterocycles. The molecule has 1 aliphatic carbocycles. The van der Waals surface area contributed by atoms with E-state index >= 15 is 0 Å². The summed E-state index contributed by atoms with van der Waals surface area (Å²) in [7, 11) is 3.14. The molecule has 1 N–H and O–H groups in total. The Morgan fingerprint density at radius 1 is 0.931 bits per heavy atom. The molecule has 0 bridgehead atoms. The number of methoxy groups -OCH3 is 1. The van der Waals surface area contributed by atoms with Crippen molar-refractivity contribution in [1.82, 2.24) is 4.90 Å². The highest BCUT2D eigenvalue weighted by atomic mass is 16.5. The van der Waals surface area contributed by atoms with Crippen molar-refractivity contribution in [3.8, 4) is 0 Å². The number of carbonyl (C=O) groups excluding carboxylic acids is 3. The van der Waals surface area contributed by atoms with E-state index in [1.54, 1.807) is 41.3 Å². The first-order valence-electron chi connectivity index (χ1n) is 9.87. The van der Waals surface area contributed by atoms with Gasteiger partial charge in [0.1, 0.15) is 0 Å². The zero-order chi connectivity index (χ0) is 20.8. The molecule has 0 aromatic heterocycles. The smallest absolute Gasteiger partial charge is 0.337 e. The average Bonchev–Trinajstić information content (AvgIpc) is 2.78. The predicted octanol–water partition coefficient (Wildman–Crippen LogP) is 4.13. The van der Waals surface area contributed by atoms with Gasteiger partial charge in [0, 0.05) is 18.7 Å². The minimum absolute atomic E-state index is 0.0890. The van der Waals surface area contributed by atoms with E-state index in [0.29, 0.717) is 22.4 Å². The number of anilines is 1. The van der Waals surface area contributed by atoms with Crippen molar-refractivity contribution < 1.29 is 19.1 Å². The maximum atomic E-state index is 13.1. The fourth-order valence-corrected chi connectivity index (χ4v) is 3.67. The van der Waals surface area contributed by atoms with Crippen LogP contribution in [0.3, 0.4) is 0 Å². The summed E-state index contributed by atoms with van der Waals surface area (Å²) >= 11 is 0. The Morgan fingerprint density at radius 3 is 2.21 bits per heavy atom. The molecular formula is C23H26N2O4. The summed E-state index contributed by atoms with van der Waals surface area (Å²) in [5.74, 6) is -0.894. The number of rotatable bonds is 5. The molecule has 2 amide bonds. The van der Waals surface area contributed by atoms with Crippen LogP contribution in [0.2, 0.25) is 0 Å². The van der Waals surface area contributed by atoms with Gasteiger partial charge in [-0.05, 0) is 49.2 Å². The van der Waals surface area contributed by atoms with E-state index in [1.807, 2.05) is 7.05 Å². The number of ether oxygens (including phenoxy) is 1. The van der Waals surface area contributed by atoms with E-state index in [-0.39, 0.29) is 17.9 Å². The molecule has 3 rings (SSSR count). The fraction of sp³-hybridized carbons (Fsp3) is 0.348. The van der Waals surface area contributed by atoms with Gasteiger partial charge in [-0.1, -0.05) is 31.4 Å². The van der Waals surface area contributed by atoms with Crippen molar-refractivity contribution in [3.05, 3.63) is 65.2 Å². The standard InChI is InChI=1S/C23H26N2O4/c1-25(18-8-4-3-5-9-18)22(27)19-10-6-7-11-20(19)24-21(26)16-12-14-17(15-13-16)23(28)29-2/h6-7,10-15,18H,3-5,8-9H2,1-2H3,(H,24,26). The molecule has 29 heavy (non-hydrogen) atoms. The summed E-state index contributed by atoms with van der Waals surface area (Å²) in [6.07, 6.45) is 5.54. The molecule has 0 radical (unpaired) electrons. The molecule has 0 unspecified atom stereocenters. The van der Waals surface area contributed by atoms with Crippen molar-refractivity contribution in [2.24, 2.45) is 0 Å². The topological polar surface area (TPSA) is 75.7 Å². The van der Waals surface area contributed by atoms with E-state index in [4.69, 9.17) is 0 Å². The molecule has 1 fully saturated rings. The van der Waals surface area contributed by atoms with Crippen LogP contribution in [0.4, 0.5) is 5.69 Å². The van der Waals surface area contributed by atoms with Gasteiger partial charge in [0.2, 0.25) is 0 Å². The highest BCUT2D eigenvalue weighted by Gasteiger charge is 2.25. The summed E-state index contributed by atoms with van der Waals surface area (Å²) in [6, 6.07) is 13.5. The summed E-state index contributed by atoms with van der Waals surface area (Å²) in [5.41, 5.74) is 1.71. The van der Waals surface area contributed by atoms with E-state index in [0.717, 1.165) is 25.7 Å². The van der Waals surface area contributed by atoms with E-state index in [2.05, 4.69) is 10.1 Å². The minimum atomic E-state index is -0.460. The summed E-state index contributed by atoms with van der Waals surface area (Å²) < 4.78 is 4.67. The molecule has 0 atom stereocenters. The maximum absolute atomic E-state index is 13.1. The quantitative estimate of drug-likeness (QED) is 0.774. The third-order valence-electron chi connectivity index (χ3n) is 5.42. The zero-order valence-electron chi connectivity index (χ0n) is 16.8. The number of nitrogens with one attached hydrogen (secondary N) is 1. The van der Waals surface area contributed by atoms with Crippen molar-refractivity contribution in [2.75, 3.05) is 19.5 Å². The van der Waals surface area contributed by atoms with Crippen LogP contribution in [0.25, 0.3) is 0 Å². The number of amides is 2. The Morgan fingerprint density at radius 2 is 1.55 bits per heavy atom. The summed E-state index contributed by atoms with van der Waals surface area (Å²) in [4.78, 5) is 39.1. The number of benzene rings is 2. The van der Waals surface area contributed by atoms with Crippen LogP contribution in [-0.4, -0.2) is 42.9 Å². The molecule has 6 heteroatoms. The number of hydrogen-bond acceptors (Lipinski definition) is 4. The largest absolute Gasteiger partial charge is 0.465 e. The van der Waals surface area contributed by atoms with E-state index < -0.39 is 5.97 Å². The van der Waals surface area contributed by atoms with Gasteiger partial charge in [0.25, 0.3) is 11.8 Å². The van der Waals surface area contributed by atoms with Crippen LogP contribution in [-0.2, 0) is 4.74 Å². The van der Waals surface area contributed by atoms with Gasteiger partial charge >= 0.3 is 5.97 Å². The first-order chi connectivity index (χ1) is 14.0. The molecule has 0 spiro atoms. The first kappa shape index (κ1) is 20.6. The van der Waals surface area contributed by atoms with E-state index in [1.165, 1.54) is 25.7 Å². The molecule has 1 aliphatic rings. The van der Waals surface area contributed by atoms with Crippen LogP contribution in [0.5, 0.6) is 0 Å². The third-order valence-corrected chi connectivity index (χ3v) is 5.42. The molecule has 2 aromatic rings. The number of para-hydroxylation sites is 1. The SMILES string of the molecule is COC(=O)c1ccc(C(=O)Nc2ccccc2C(=O)N(C)C2CCCCC2)cc1. The Bertz CT molecular complexity index is 886. The van der Waals surface area contributed by atoms with Crippen LogP contribution >= 0.6 is 0 Å². The van der Waals surface area contributed by atoms with Gasteiger partial charge < -0.3 is 15.0 Å². The van der Waals surface area contributed by atoms with Gasteiger partial charge in [-0.2, -0.15) is 0 Å². The van der Waals surface area contributed by atoms with Crippen molar-refractivity contribution in [1.29, 1.82) is 0 Å². The highest BCUT2D eigenvalue weighted by molar-refractivity contribution is 6.09. The van der Waals surface area contributed by atoms with Crippen LogP contribution in [0.1, 0.15) is 63.2 Å². The second-order valence-electron chi connectivity index (χ2n) is 7.28. The molecule has 0 saturated heterocycles. The zero-order valence-corrected chi connectivity index (χ0v) is 16.8. The van der Waals surface area contributed by atoms with Gasteiger partial charge in [-0.15, -0.1) is 0 Å². The summed E-state index contributed by atoms with van der Waals surface area (Å²) in [5, 5.41) is 2.83. The lowest BCUT2D eigenvalue weighted by Gasteiger charge is -2.31. The Balaban J connectivity index is 1.75. The molecule has 6 nitrogen and oxygen atoms in total. The van der Waals surface area contributed by atoms with Crippen molar-refractivity contribution in [2.45, 2.75) is 38.1 Å². The molecule has 2 aromatic carbocycles. The normalized spacial score (nSPS) is 14.1. The third kappa shape index (κ3) is 4.83. The highest BCUT2D eigenvalue weighted by Crippen LogP contribution is 2.25. The molecule has 0 heterocycles. The van der Waals surface area contributed by atoms with Gasteiger partial charge in [0.05, 0.1) is 23.9 Å². The van der Waals surface area contributed by atoms with Gasteiger partial charge in [-0.3, -0.25) is 9.59 Å². The number of esters is 1. The summed E-state index contributed by atoms with van der Waals surface area (Å²) in [6.45, 7) is 0. The first-order valence-corrected chi connectivity index (χ1v) is 9.87. The number of carbonyl (C=O) groups is 3. The molecular weight excluding hydrogens is 368 g/mol. The lowest BCUT2D eigenvalue weighted by Crippen LogP contribution is -2.38. The van der Waals surface area contributed by atoms with Crippen molar-refractivity contribution in [3.63, 3.8) is 0 Å². The number of hydrogen-bond donors (Lipinski definition) is 1. The Labute approximate surface area is 170 Å². The van der Waals surface area contributed by atoms with Crippen LogP contribution in [0, 0.1) is 0 Å². The molecule has 152 valence electrons. The van der Waals surface area contributed by atoms with E-state index in [9.17, 15) is 14.4 Å². The maximum Gasteiger partial charge on any atom is 0.337 e. The lowest BCUT2D eigenvalue weighted by molar-refractivity contribution is 0.0599. The number of nitrogens with zero attached hydrogens (tertiary/aromatic N) is 1. The monoisotopic (exact) mass is 394 g/mol. The molecule has 1 saturated carbocycles. The fourth-order valence-electron chi connectivity index (χ4n) is 3.67. The second-order valence-corrected chi connectivity index (χ2v) is 7.28. The Kier molecular flexibility index (Phi) is 6.65. The second kappa shape index (κ2) is 9.37.